The maximum atomic E-state index is 12.9. The van der Waals surface area contributed by atoms with E-state index in [-0.39, 0.29) is 21.0 Å². The second kappa shape index (κ2) is 8.98. The molecule has 166 valence electrons. The van der Waals surface area contributed by atoms with Gasteiger partial charge in [-0.25, -0.2) is 8.42 Å². The molecule has 0 bridgehead atoms. The molecule has 0 saturated carbocycles. The molecule has 0 amide bonds. The van der Waals surface area contributed by atoms with Crippen LogP contribution in [0.1, 0.15) is 16.7 Å². The van der Waals surface area contributed by atoms with E-state index in [0.29, 0.717) is 18.3 Å². The van der Waals surface area contributed by atoms with Gasteiger partial charge in [0.2, 0.25) is 9.84 Å². The van der Waals surface area contributed by atoms with E-state index in [1.54, 1.807) is 0 Å². The van der Waals surface area contributed by atoms with Gasteiger partial charge in [-0.3, -0.25) is 0 Å². The van der Waals surface area contributed by atoms with Crippen LogP contribution in [0.4, 0.5) is 26.3 Å². The van der Waals surface area contributed by atoms with E-state index in [1.807, 2.05) is 0 Å². The monoisotopic (exact) mass is 502 g/mol. The first-order valence-electron chi connectivity index (χ1n) is 7.98. The lowest BCUT2D eigenvalue weighted by Crippen LogP contribution is -2.15. The average Bonchev–Trinajstić information content (AvgIpc) is 2.65. The number of nitrogens with zero attached hydrogens (tertiary/aromatic N) is 1. The predicted molar refractivity (Wildman–Crippen MR) is 101 cm³/mol. The summed E-state index contributed by atoms with van der Waals surface area (Å²) < 4.78 is 102. The quantitative estimate of drug-likeness (QED) is 0.404. The van der Waals surface area contributed by atoms with Crippen molar-refractivity contribution in [1.29, 1.82) is 5.26 Å². The van der Waals surface area contributed by atoms with Gasteiger partial charge in [0, 0.05) is 12.7 Å². The molecule has 0 radical (unpaired) electrons. The molecular formula is C18H10Cl2F6N2O2S. The van der Waals surface area contributed by atoms with Crippen LogP contribution < -0.4 is 5.32 Å². The Bertz CT molecular complexity index is 1140. The first kappa shape index (κ1) is 24.8. The molecule has 0 aliphatic rings. The fraction of sp³-hybridized carbons (Fsp3) is 0.167. The smallest absolute Gasteiger partial charge is 0.385 e. The Kier molecular flexibility index (Phi) is 7.20. The van der Waals surface area contributed by atoms with Crippen LogP contribution in [0.2, 0.25) is 10.0 Å². The summed E-state index contributed by atoms with van der Waals surface area (Å²) in [5, 5.41) is 11.4. The molecule has 0 unspecified atom stereocenters. The van der Waals surface area contributed by atoms with Gasteiger partial charge in [0.15, 0.2) is 4.91 Å². The summed E-state index contributed by atoms with van der Waals surface area (Å²) in [6, 6.07) is 5.59. The summed E-state index contributed by atoms with van der Waals surface area (Å²) >= 11 is 11.5. The number of nitrogens with one attached hydrogen (secondary N) is 1. The van der Waals surface area contributed by atoms with E-state index in [1.165, 1.54) is 12.1 Å². The Hall–Kier alpha value is -2.42. The number of nitriles is 1. The van der Waals surface area contributed by atoms with Crippen molar-refractivity contribution >= 4 is 33.0 Å². The van der Waals surface area contributed by atoms with Crippen molar-refractivity contribution in [2.24, 2.45) is 0 Å². The topological polar surface area (TPSA) is 70.0 Å². The van der Waals surface area contributed by atoms with Gasteiger partial charge in [-0.1, -0.05) is 23.2 Å². The SMILES string of the molecule is N#C/C(=C/NCc1cc(C(F)(F)F)cc(C(F)(F)F)c1)S(=O)(=O)c1ccc(Cl)c(Cl)c1. The van der Waals surface area contributed by atoms with Crippen LogP contribution in [0.3, 0.4) is 0 Å². The lowest BCUT2D eigenvalue weighted by Gasteiger charge is -2.14. The molecule has 0 atom stereocenters. The number of hydrogen-bond acceptors (Lipinski definition) is 4. The first-order chi connectivity index (χ1) is 14.2. The number of hydrogen-bond donors (Lipinski definition) is 1. The Morgan fingerprint density at radius 1 is 0.968 bits per heavy atom. The summed E-state index contributed by atoms with van der Waals surface area (Å²) in [6.07, 6.45) is -9.38. The van der Waals surface area contributed by atoms with Gasteiger partial charge in [-0.2, -0.15) is 31.6 Å². The van der Waals surface area contributed by atoms with Crippen LogP contribution in [-0.4, -0.2) is 8.42 Å². The summed E-state index contributed by atoms with van der Waals surface area (Å²) in [6.45, 7) is -0.616. The molecule has 0 aliphatic carbocycles. The highest BCUT2D eigenvalue weighted by atomic mass is 35.5. The van der Waals surface area contributed by atoms with Crippen molar-refractivity contribution in [3.05, 3.63) is 74.2 Å². The van der Waals surface area contributed by atoms with Crippen molar-refractivity contribution in [2.75, 3.05) is 0 Å². The third-order valence-electron chi connectivity index (χ3n) is 3.79. The van der Waals surface area contributed by atoms with Crippen molar-refractivity contribution in [3.63, 3.8) is 0 Å². The lowest BCUT2D eigenvalue weighted by atomic mass is 10.0. The fourth-order valence-corrected chi connectivity index (χ4v) is 3.82. The first-order valence-corrected chi connectivity index (χ1v) is 10.2. The molecule has 0 saturated heterocycles. The zero-order valence-electron chi connectivity index (χ0n) is 14.9. The summed E-state index contributed by atoms with van der Waals surface area (Å²) in [5.74, 6) is 0. The number of rotatable bonds is 5. The molecule has 0 aromatic heterocycles. The van der Waals surface area contributed by atoms with Crippen LogP contribution in [0.15, 0.2) is 52.4 Å². The van der Waals surface area contributed by atoms with Crippen molar-refractivity contribution in [1.82, 2.24) is 5.32 Å². The molecule has 2 aromatic rings. The van der Waals surface area contributed by atoms with E-state index in [9.17, 15) is 34.8 Å². The predicted octanol–water partition coefficient (Wildman–Crippen LogP) is 5.96. The van der Waals surface area contributed by atoms with Crippen LogP contribution in [0, 0.1) is 11.3 Å². The molecule has 13 heteroatoms. The van der Waals surface area contributed by atoms with Gasteiger partial charge < -0.3 is 5.32 Å². The highest BCUT2D eigenvalue weighted by Crippen LogP contribution is 2.36. The van der Waals surface area contributed by atoms with Gasteiger partial charge in [0.05, 0.1) is 26.1 Å². The van der Waals surface area contributed by atoms with Crippen LogP contribution in [0.25, 0.3) is 0 Å². The van der Waals surface area contributed by atoms with E-state index in [2.05, 4.69) is 5.32 Å². The maximum Gasteiger partial charge on any atom is 0.416 e. The van der Waals surface area contributed by atoms with Crippen molar-refractivity contribution in [3.8, 4) is 6.07 Å². The fourth-order valence-electron chi connectivity index (χ4n) is 2.32. The minimum absolute atomic E-state index is 0.0330. The molecule has 0 fully saturated rings. The highest BCUT2D eigenvalue weighted by Gasteiger charge is 2.36. The Morgan fingerprint density at radius 3 is 1.97 bits per heavy atom. The number of alkyl halides is 6. The standard InChI is InChI=1S/C18H10Cl2F6N2O2S/c19-15-2-1-13(6-16(15)20)31(29,30)14(7-27)9-28-8-10-3-11(17(21,22)23)5-12(4-10)18(24,25)26/h1-6,9,28H,8H2/b14-9-. The van der Waals surface area contributed by atoms with Crippen molar-refractivity contribution < 1.29 is 34.8 Å². The Balaban J connectivity index is 2.34. The van der Waals surface area contributed by atoms with E-state index in [4.69, 9.17) is 28.5 Å². The molecule has 1 N–H and O–H groups in total. The zero-order valence-corrected chi connectivity index (χ0v) is 17.3. The van der Waals surface area contributed by atoms with E-state index < -0.39 is 50.3 Å². The number of benzene rings is 2. The molecule has 0 heterocycles. The molecule has 0 aliphatic heterocycles. The van der Waals surface area contributed by atoms with Gasteiger partial charge in [-0.15, -0.1) is 0 Å². The highest BCUT2D eigenvalue weighted by molar-refractivity contribution is 7.95. The second-order valence-corrected chi connectivity index (χ2v) is 8.73. The Labute approximate surface area is 182 Å². The largest absolute Gasteiger partial charge is 0.416 e. The molecule has 0 spiro atoms. The van der Waals surface area contributed by atoms with Crippen LogP contribution in [-0.2, 0) is 28.7 Å². The minimum Gasteiger partial charge on any atom is -0.385 e. The van der Waals surface area contributed by atoms with Gasteiger partial charge in [0.25, 0.3) is 0 Å². The second-order valence-electron chi connectivity index (χ2n) is 5.99. The summed E-state index contributed by atoms with van der Waals surface area (Å²) in [7, 11) is -4.37. The third kappa shape index (κ3) is 6.06. The summed E-state index contributed by atoms with van der Waals surface area (Å²) in [4.78, 5) is -1.22. The molecule has 31 heavy (non-hydrogen) atoms. The summed E-state index contributed by atoms with van der Waals surface area (Å²) in [5.41, 5.74) is -3.47. The number of allylic oxidation sites excluding steroid dienone is 1. The maximum absolute atomic E-state index is 12.9. The average molecular weight is 503 g/mol. The molecule has 2 rings (SSSR count). The van der Waals surface area contributed by atoms with E-state index in [0.717, 1.165) is 12.1 Å². The molecular weight excluding hydrogens is 493 g/mol. The molecule has 2 aromatic carbocycles. The van der Waals surface area contributed by atoms with E-state index >= 15 is 0 Å². The molecule has 4 nitrogen and oxygen atoms in total. The Morgan fingerprint density at radius 2 is 1.52 bits per heavy atom. The number of halogens is 8. The van der Waals surface area contributed by atoms with Crippen molar-refractivity contribution in [2.45, 2.75) is 23.8 Å². The van der Waals surface area contributed by atoms with Gasteiger partial charge >= 0.3 is 12.4 Å². The number of sulfone groups is 1. The lowest BCUT2D eigenvalue weighted by molar-refractivity contribution is -0.143. The van der Waals surface area contributed by atoms with Gasteiger partial charge in [0.1, 0.15) is 6.07 Å². The van der Waals surface area contributed by atoms with Crippen LogP contribution >= 0.6 is 23.2 Å². The normalized spacial score (nSPS) is 13.1. The third-order valence-corrected chi connectivity index (χ3v) is 6.19. The zero-order chi connectivity index (χ0) is 23.6. The minimum atomic E-state index is -5.03. The van der Waals surface area contributed by atoms with Gasteiger partial charge in [-0.05, 0) is 42.0 Å². The van der Waals surface area contributed by atoms with Crippen LogP contribution in [0.5, 0.6) is 0 Å².